The van der Waals surface area contributed by atoms with E-state index < -0.39 is 10.0 Å². The van der Waals surface area contributed by atoms with E-state index in [2.05, 4.69) is 18.8 Å². The Balaban J connectivity index is 1.40. The summed E-state index contributed by atoms with van der Waals surface area (Å²) in [6, 6.07) is 9.16. The van der Waals surface area contributed by atoms with Gasteiger partial charge in [0, 0.05) is 42.5 Å². The molecule has 0 bridgehead atoms. The van der Waals surface area contributed by atoms with Gasteiger partial charge in [0.2, 0.25) is 10.0 Å². The summed E-state index contributed by atoms with van der Waals surface area (Å²) in [4.78, 5) is 19.3. The van der Waals surface area contributed by atoms with Crippen LogP contribution in [0.4, 0.5) is 0 Å². The summed E-state index contributed by atoms with van der Waals surface area (Å²) in [5.41, 5.74) is 2.58. The molecule has 0 saturated carbocycles. The number of hydrogen-bond donors (Lipinski definition) is 0. The molecule has 3 aromatic rings. The molecule has 1 aliphatic heterocycles. The number of sulfonamides is 1. The summed E-state index contributed by atoms with van der Waals surface area (Å²) >= 11 is 3.04. The highest BCUT2D eigenvalue weighted by molar-refractivity contribution is 7.89. The van der Waals surface area contributed by atoms with Crippen LogP contribution < -0.4 is 0 Å². The third-order valence-corrected chi connectivity index (χ3v) is 9.20. The van der Waals surface area contributed by atoms with Gasteiger partial charge in [0.1, 0.15) is 10.7 Å². The lowest BCUT2D eigenvalue weighted by atomic mass is 9.99. The molecule has 0 N–H and O–H groups in total. The van der Waals surface area contributed by atoms with Gasteiger partial charge in [0.05, 0.1) is 4.90 Å². The van der Waals surface area contributed by atoms with Gasteiger partial charge in [-0.3, -0.25) is 4.79 Å². The van der Waals surface area contributed by atoms with Crippen molar-refractivity contribution in [2.24, 2.45) is 0 Å². The fourth-order valence-electron chi connectivity index (χ4n) is 3.54. The molecular weight excluding hydrogens is 450 g/mol. The van der Waals surface area contributed by atoms with Crippen LogP contribution in [0.3, 0.4) is 0 Å². The first kappa shape index (κ1) is 22.1. The van der Waals surface area contributed by atoms with Crippen LogP contribution in [0.15, 0.2) is 51.4 Å². The van der Waals surface area contributed by atoms with Crippen LogP contribution in [0.1, 0.15) is 42.2 Å². The summed E-state index contributed by atoms with van der Waals surface area (Å²) in [6.45, 7) is 5.52. The maximum Gasteiger partial charge on any atom is 0.273 e. The third-order valence-electron chi connectivity index (χ3n) is 5.72. The highest BCUT2D eigenvalue weighted by atomic mass is 32.2. The molecule has 4 rings (SSSR count). The number of amides is 1. The van der Waals surface area contributed by atoms with Gasteiger partial charge in [-0.2, -0.15) is 15.6 Å². The minimum atomic E-state index is -3.57. The first-order valence-electron chi connectivity index (χ1n) is 10.3. The van der Waals surface area contributed by atoms with Crippen molar-refractivity contribution in [1.29, 1.82) is 0 Å². The van der Waals surface area contributed by atoms with Crippen LogP contribution in [0.25, 0.3) is 10.6 Å². The molecule has 1 unspecified atom stereocenters. The average molecular weight is 476 g/mol. The maximum atomic E-state index is 13.0. The standard InChI is InChI=1S/C22H25N3O3S3/c1-3-16(2)17-4-6-19(7-5-17)31(27,28)25-11-9-24(10-12-25)22(26)20-15-30-21(23-20)18-8-13-29-14-18/h4-8,13-16H,3,9-12H2,1-2H3. The molecule has 31 heavy (non-hydrogen) atoms. The van der Waals surface area contributed by atoms with E-state index in [-0.39, 0.29) is 19.0 Å². The number of carbonyl (C=O) groups excluding carboxylic acids is 1. The van der Waals surface area contributed by atoms with Crippen molar-refractivity contribution < 1.29 is 13.2 Å². The molecule has 3 heterocycles. The number of aromatic nitrogens is 1. The second kappa shape index (κ2) is 9.20. The smallest absolute Gasteiger partial charge is 0.273 e. The van der Waals surface area contributed by atoms with E-state index in [9.17, 15) is 13.2 Å². The molecule has 1 aromatic carbocycles. The van der Waals surface area contributed by atoms with Gasteiger partial charge in [-0.1, -0.05) is 26.0 Å². The number of rotatable bonds is 6. The summed E-state index contributed by atoms with van der Waals surface area (Å²) in [5, 5.41) is 6.59. The van der Waals surface area contributed by atoms with Crippen molar-refractivity contribution in [1.82, 2.24) is 14.2 Å². The zero-order valence-corrected chi connectivity index (χ0v) is 20.0. The lowest BCUT2D eigenvalue weighted by Crippen LogP contribution is -2.50. The molecule has 6 nitrogen and oxygen atoms in total. The van der Waals surface area contributed by atoms with Crippen molar-refractivity contribution in [2.75, 3.05) is 26.2 Å². The van der Waals surface area contributed by atoms with Crippen molar-refractivity contribution in [2.45, 2.75) is 31.1 Å². The predicted octanol–water partition coefficient (Wildman–Crippen LogP) is 4.53. The SMILES string of the molecule is CCC(C)c1ccc(S(=O)(=O)N2CCN(C(=O)c3csc(-c4ccsc4)n3)CC2)cc1. The highest BCUT2D eigenvalue weighted by Gasteiger charge is 2.31. The lowest BCUT2D eigenvalue weighted by molar-refractivity contribution is 0.0693. The van der Waals surface area contributed by atoms with Crippen molar-refractivity contribution in [3.63, 3.8) is 0 Å². The molecule has 0 spiro atoms. The van der Waals surface area contributed by atoms with E-state index in [0.29, 0.717) is 29.6 Å². The number of benzene rings is 1. The normalized spacial score (nSPS) is 16.4. The summed E-state index contributed by atoms with van der Waals surface area (Å²) in [7, 11) is -3.57. The molecule has 1 amide bonds. The number of nitrogens with zero attached hydrogens (tertiary/aromatic N) is 3. The molecule has 1 aliphatic rings. The molecule has 1 fully saturated rings. The van der Waals surface area contributed by atoms with Gasteiger partial charge in [0.15, 0.2) is 0 Å². The highest BCUT2D eigenvalue weighted by Crippen LogP contribution is 2.27. The van der Waals surface area contributed by atoms with Gasteiger partial charge >= 0.3 is 0 Å². The quantitative estimate of drug-likeness (QED) is 0.525. The van der Waals surface area contributed by atoms with Gasteiger partial charge in [-0.25, -0.2) is 13.4 Å². The molecule has 0 radical (unpaired) electrons. The van der Waals surface area contributed by atoms with Crippen molar-refractivity contribution >= 4 is 38.6 Å². The lowest BCUT2D eigenvalue weighted by Gasteiger charge is -2.33. The predicted molar refractivity (Wildman–Crippen MR) is 125 cm³/mol. The second-order valence-electron chi connectivity index (χ2n) is 7.62. The summed E-state index contributed by atoms with van der Waals surface area (Å²) < 4.78 is 27.5. The Hall–Kier alpha value is -2.07. The summed E-state index contributed by atoms with van der Waals surface area (Å²) in [5.74, 6) is 0.255. The number of thiazole rings is 1. The molecule has 9 heteroatoms. The molecule has 1 atom stereocenters. The van der Waals surface area contributed by atoms with Crippen molar-refractivity contribution in [3.05, 3.63) is 57.7 Å². The maximum absolute atomic E-state index is 13.0. The molecular formula is C22H25N3O3S3. The van der Waals surface area contributed by atoms with Crippen LogP contribution in [-0.4, -0.2) is 54.7 Å². The van der Waals surface area contributed by atoms with Gasteiger partial charge in [-0.15, -0.1) is 11.3 Å². The Kier molecular flexibility index (Phi) is 6.57. The number of thiophene rings is 1. The van der Waals surface area contributed by atoms with Crippen LogP contribution in [0, 0.1) is 0 Å². The number of piperazine rings is 1. The Morgan fingerprint density at radius 1 is 1.10 bits per heavy atom. The number of carbonyl (C=O) groups is 1. The molecule has 2 aromatic heterocycles. The van der Waals surface area contributed by atoms with Crippen molar-refractivity contribution in [3.8, 4) is 10.6 Å². The Labute approximate surface area is 191 Å². The van der Waals surface area contributed by atoms with E-state index in [4.69, 9.17) is 0 Å². The van der Waals surface area contributed by atoms with Crippen LogP contribution in [-0.2, 0) is 10.0 Å². The minimum Gasteiger partial charge on any atom is -0.335 e. The largest absolute Gasteiger partial charge is 0.335 e. The van der Waals surface area contributed by atoms with Crippen LogP contribution in [0.5, 0.6) is 0 Å². The fraction of sp³-hybridized carbons (Fsp3) is 0.364. The zero-order chi connectivity index (χ0) is 22.0. The van der Waals surface area contributed by atoms with E-state index in [1.54, 1.807) is 33.7 Å². The fourth-order valence-corrected chi connectivity index (χ4v) is 6.47. The van der Waals surface area contributed by atoms with E-state index in [1.807, 2.05) is 29.0 Å². The Morgan fingerprint density at radius 3 is 2.42 bits per heavy atom. The monoisotopic (exact) mass is 475 g/mol. The molecule has 164 valence electrons. The third kappa shape index (κ3) is 4.59. The topological polar surface area (TPSA) is 70.6 Å². The minimum absolute atomic E-state index is 0.146. The Morgan fingerprint density at radius 2 is 1.81 bits per heavy atom. The van der Waals surface area contributed by atoms with Gasteiger partial charge in [0.25, 0.3) is 5.91 Å². The molecule has 0 aliphatic carbocycles. The second-order valence-corrected chi connectivity index (χ2v) is 11.2. The van der Waals surface area contributed by atoms with E-state index in [1.165, 1.54) is 15.6 Å². The Bertz CT molecular complexity index is 1130. The van der Waals surface area contributed by atoms with Gasteiger partial charge < -0.3 is 4.90 Å². The van der Waals surface area contributed by atoms with Crippen LogP contribution in [0.2, 0.25) is 0 Å². The first-order valence-corrected chi connectivity index (χ1v) is 13.5. The van der Waals surface area contributed by atoms with Crippen LogP contribution >= 0.6 is 22.7 Å². The number of hydrogen-bond acceptors (Lipinski definition) is 6. The van der Waals surface area contributed by atoms with Gasteiger partial charge in [-0.05, 0) is 41.5 Å². The summed E-state index contributed by atoms with van der Waals surface area (Å²) in [6.07, 6.45) is 1.01. The van der Waals surface area contributed by atoms with E-state index >= 15 is 0 Å². The average Bonchev–Trinajstić information content (AvgIpc) is 3.50. The van der Waals surface area contributed by atoms with E-state index in [0.717, 1.165) is 22.6 Å². The zero-order valence-electron chi connectivity index (χ0n) is 17.5. The first-order chi connectivity index (χ1) is 14.9. The molecule has 1 saturated heterocycles.